The van der Waals surface area contributed by atoms with E-state index in [9.17, 15) is 30.0 Å². The molecule has 5 heterocycles. The first-order valence-electron chi connectivity index (χ1n) is 21.1. The van der Waals surface area contributed by atoms with Gasteiger partial charge in [0.15, 0.2) is 5.79 Å². The highest BCUT2D eigenvalue weighted by atomic mass is 16.8. The summed E-state index contributed by atoms with van der Waals surface area (Å²) in [5.41, 5.74) is -1.63. The fraction of sp³-hybridized carbons (Fsp3) is 0.907. The van der Waals surface area contributed by atoms with Crippen LogP contribution in [0, 0.1) is 47.3 Å². The molecule has 2 spiro atoms. The number of aliphatic carboxylic acids is 1. The first-order chi connectivity index (χ1) is 25.2. The van der Waals surface area contributed by atoms with Crippen LogP contribution in [0.3, 0.4) is 0 Å². The van der Waals surface area contributed by atoms with Crippen LogP contribution in [-0.2, 0) is 33.3 Å². The Balaban J connectivity index is 1.32. The van der Waals surface area contributed by atoms with Crippen LogP contribution in [0.4, 0.5) is 0 Å². The van der Waals surface area contributed by atoms with Crippen LogP contribution in [0.25, 0.3) is 0 Å². The normalized spacial score (nSPS) is 46.9. The Labute approximate surface area is 323 Å². The molecule has 0 aliphatic carbocycles. The number of carbonyl (C=O) groups is 2. The molecule has 0 saturated carbocycles. The molecule has 4 N–H and O–H groups in total. The first kappa shape index (κ1) is 43.7. The molecule has 54 heavy (non-hydrogen) atoms. The summed E-state index contributed by atoms with van der Waals surface area (Å²) in [6.45, 7) is 21.7. The molecule has 11 nitrogen and oxygen atoms in total. The quantitative estimate of drug-likeness (QED) is 0.162. The highest BCUT2D eigenvalue weighted by molar-refractivity contribution is 5.84. The van der Waals surface area contributed by atoms with E-state index in [-0.39, 0.29) is 47.8 Å². The molecule has 0 aromatic rings. The predicted molar refractivity (Wildman–Crippen MR) is 203 cm³/mol. The summed E-state index contributed by atoms with van der Waals surface area (Å²) < 4.78 is 33.6. The van der Waals surface area contributed by atoms with Crippen LogP contribution in [-0.4, -0.2) is 97.7 Å². The van der Waals surface area contributed by atoms with Crippen LogP contribution >= 0.6 is 0 Å². The summed E-state index contributed by atoms with van der Waals surface area (Å²) in [6.07, 6.45) is 4.75. The van der Waals surface area contributed by atoms with Crippen molar-refractivity contribution in [3.63, 3.8) is 0 Å². The Morgan fingerprint density at radius 2 is 1.48 bits per heavy atom. The molecule has 310 valence electrons. The lowest BCUT2D eigenvalue weighted by atomic mass is 9.72. The molecule has 5 aliphatic heterocycles. The van der Waals surface area contributed by atoms with Gasteiger partial charge in [0.25, 0.3) is 0 Å². The topological polar surface area (TPSA) is 161 Å². The molecule has 0 unspecified atom stereocenters. The average molecular weight is 765 g/mol. The molecule has 5 rings (SSSR count). The van der Waals surface area contributed by atoms with Gasteiger partial charge in [0.05, 0.1) is 53.7 Å². The second-order valence-electron chi connectivity index (χ2n) is 18.5. The smallest absolute Gasteiger partial charge is 0.309 e. The Morgan fingerprint density at radius 1 is 0.852 bits per heavy atom. The van der Waals surface area contributed by atoms with E-state index in [4.69, 9.17) is 23.7 Å². The van der Waals surface area contributed by atoms with Crippen molar-refractivity contribution in [3.8, 4) is 0 Å². The minimum Gasteiger partial charge on any atom is -0.481 e. The van der Waals surface area contributed by atoms with E-state index in [0.29, 0.717) is 51.4 Å². The summed E-state index contributed by atoms with van der Waals surface area (Å²) in [5.74, 6) is -5.80. The fourth-order valence-electron chi connectivity index (χ4n) is 10.9. The van der Waals surface area contributed by atoms with Crippen LogP contribution < -0.4 is 0 Å². The zero-order valence-electron chi connectivity index (χ0n) is 34.8. The van der Waals surface area contributed by atoms with Gasteiger partial charge in [-0.2, -0.15) is 0 Å². The lowest BCUT2D eigenvalue weighted by Gasteiger charge is -2.54. The molecule has 0 radical (unpaired) electrons. The number of ketones is 1. The van der Waals surface area contributed by atoms with Crippen molar-refractivity contribution >= 4 is 11.8 Å². The SMILES string of the molecule is CC[C@H](C(=O)O)[C@@H]1O[C@H]([C@H](C)[C@H](O)[C@H](C)C(=O)[C@H](CC)[C@@H]2O[C@]3(C=C[C@H](O)[C@]4(CC[C@](C)([C@@H]5CC[C@](O)(CC)[C@H](C)O5)O4)O3)[C@H](C)C[C@@H]2C)[C@@H](C)C[C@H]1C. The third-order valence-electron chi connectivity index (χ3n) is 14.8. The van der Waals surface area contributed by atoms with Gasteiger partial charge in [0.2, 0.25) is 5.79 Å². The standard InChI is InChI=1S/C43H72O11/c1-12-30(35(46)27(8)34(45)28(9)36-23(4)21-24(5)37(51-36)31(13-2)39(47)48)38-25(6)22-26(7)42(52-38)18-15-32(44)43(54-42)20-19-40(11,53-43)33-16-17-41(49,14-3)29(10)50-33/h15,18,23-34,36-38,44-45,49H,12-14,16-17,19-22H2,1-11H3,(H,47,48)/t23-,24+,25-,26+,27-,28+,29-,30-,31-,32-,33-,34+,36-,37+,38+,40+,41+,42-,43-/m0/s1. The van der Waals surface area contributed by atoms with Crippen molar-refractivity contribution in [2.24, 2.45) is 47.3 Å². The molecule has 4 saturated heterocycles. The van der Waals surface area contributed by atoms with Crippen molar-refractivity contribution in [1.29, 1.82) is 0 Å². The third kappa shape index (κ3) is 7.88. The van der Waals surface area contributed by atoms with Gasteiger partial charge in [-0.3, -0.25) is 9.59 Å². The summed E-state index contributed by atoms with van der Waals surface area (Å²) in [7, 11) is 0. The summed E-state index contributed by atoms with van der Waals surface area (Å²) in [5, 5.41) is 44.2. The van der Waals surface area contributed by atoms with Crippen molar-refractivity contribution < 1.29 is 53.7 Å². The number of hydrogen-bond donors (Lipinski definition) is 4. The minimum atomic E-state index is -1.37. The van der Waals surface area contributed by atoms with E-state index in [1.165, 1.54) is 0 Å². The second-order valence-corrected chi connectivity index (χ2v) is 18.5. The van der Waals surface area contributed by atoms with Gasteiger partial charge < -0.3 is 44.1 Å². The number of rotatable bonds is 12. The molecule has 11 heteroatoms. The van der Waals surface area contributed by atoms with Gasteiger partial charge in [-0.25, -0.2) is 0 Å². The fourth-order valence-corrected chi connectivity index (χ4v) is 10.9. The lowest BCUT2D eigenvalue weighted by molar-refractivity contribution is -0.409. The number of ether oxygens (including phenoxy) is 5. The zero-order valence-corrected chi connectivity index (χ0v) is 34.8. The van der Waals surface area contributed by atoms with E-state index >= 15 is 0 Å². The average Bonchev–Trinajstić information content (AvgIpc) is 3.47. The summed E-state index contributed by atoms with van der Waals surface area (Å²) in [4.78, 5) is 26.6. The number of carboxylic acid groups (broad SMARTS) is 1. The van der Waals surface area contributed by atoms with E-state index in [1.807, 2.05) is 48.5 Å². The molecule has 0 aromatic carbocycles. The van der Waals surface area contributed by atoms with E-state index in [2.05, 4.69) is 20.8 Å². The summed E-state index contributed by atoms with van der Waals surface area (Å²) in [6, 6.07) is 0. The molecular formula is C43H72O11. The Kier molecular flexibility index (Phi) is 13.3. The zero-order chi connectivity index (χ0) is 40.1. The van der Waals surface area contributed by atoms with E-state index in [1.54, 1.807) is 19.1 Å². The van der Waals surface area contributed by atoms with Crippen LogP contribution in [0.15, 0.2) is 12.2 Å². The monoisotopic (exact) mass is 765 g/mol. The second kappa shape index (κ2) is 16.4. The third-order valence-corrected chi connectivity index (χ3v) is 14.8. The van der Waals surface area contributed by atoms with Gasteiger partial charge in [-0.05, 0) is 95.1 Å². The number of Topliss-reactive ketones (excluding diaryl/α,β-unsaturated/α-hetero) is 1. The van der Waals surface area contributed by atoms with Crippen molar-refractivity contribution in [2.75, 3.05) is 0 Å². The van der Waals surface area contributed by atoms with E-state index < -0.39 is 76.8 Å². The molecular weight excluding hydrogens is 692 g/mol. The van der Waals surface area contributed by atoms with Gasteiger partial charge in [0.1, 0.15) is 11.9 Å². The summed E-state index contributed by atoms with van der Waals surface area (Å²) >= 11 is 0. The van der Waals surface area contributed by atoms with Gasteiger partial charge in [0, 0.05) is 30.1 Å². The molecule has 5 aliphatic rings. The van der Waals surface area contributed by atoms with Crippen molar-refractivity contribution in [1.82, 2.24) is 0 Å². The molecule has 0 bridgehead atoms. The van der Waals surface area contributed by atoms with Gasteiger partial charge in [-0.1, -0.05) is 62.3 Å². The van der Waals surface area contributed by atoms with Crippen LogP contribution in [0.2, 0.25) is 0 Å². The minimum absolute atomic E-state index is 0.0104. The van der Waals surface area contributed by atoms with Gasteiger partial charge in [-0.15, -0.1) is 0 Å². The van der Waals surface area contributed by atoms with Gasteiger partial charge >= 0.3 is 5.97 Å². The predicted octanol–water partition coefficient (Wildman–Crippen LogP) is 6.43. The van der Waals surface area contributed by atoms with E-state index in [0.717, 1.165) is 6.42 Å². The highest BCUT2D eigenvalue weighted by Crippen LogP contribution is 2.54. The number of carbonyl (C=O) groups excluding carboxylic acids is 1. The maximum absolute atomic E-state index is 14.5. The Bertz CT molecular complexity index is 1360. The number of aliphatic hydroxyl groups excluding tert-OH is 2. The van der Waals surface area contributed by atoms with Crippen molar-refractivity contribution in [3.05, 3.63) is 12.2 Å². The molecule has 0 aromatic heterocycles. The maximum atomic E-state index is 14.5. The Morgan fingerprint density at radius 3 is 2.07 bits per heavy atom. The number of hydrogen-bond acceptors (Lipinski definition) is 10. The van der Waals surface area contributed by atoms with Crippen LogP contribution in [0.1, 0.15) is 134 Å². The highest BCUT2D eigenvalue weighted by Gasteiger charge is 2.63. The first-order valence-corrected chi connectivity index (χ1v) is 21.1. The molecule has 0 amide bonds. The largest absolute Gasteiger partial charge is 0.481 e. The molecule has 19 atom stereocenters. The number of carboxylic acids is 1. The number of aliphatic hydroxyl groups is 3. The maximum Gasteiger partial charge on any atom is 0.309 e. The van der Waals surface area contributed by atoms with Crippen LogP contribution in [0.5, 0.6) is 0 Å². The Hall–Kier alpha value is -1.44. The lowest BCUT2D eigenvalue weighted by Crippen LogP contribution is -2.63. The van der Waals surface area contributed by atoms with Crippen molar-refractivity contribution in [2.45, 2.75) is 199 Å². The molecule has 4 fully saturated rings.